The van der Waals surface area contributed by atoms with Crippen molar-refractivity contribution in [3.05, 3.63) is 59.2 Å². The summed E-state index contributed by atoms with van der Waals surface area (Å²) in [4.78, 5) is 23.6. The van der Waals surface area contributed by atoms with Crippen LogP contribution in [-0.2, 0) is 22.6 Å². The highest BCUT2D eigenvalue weighted by Gasteiger charge is 2.33. The SMILES string of the molecule is C=C(/N=C\C(=C(/C)OC)c1cc(C)c2c(n1)CN(c1cnn(CC)c1)C2=O)OC. The van der Waals surface area contributed by atoms with E-state index in [0.717, 1.165) is 23.5 Å². The molecule has 152 valence electrons. The van der Waals surface area contributed by atoms with E-state index in [1.807, 2.05) is 33.0 Å². The molecule has 0 spiro atoms. The molecule has 0 saturated heterocycles. The highest BCUT2D eigenvalue weighted by Crippen LogP contribution is 2.31. The molecule has 3 rings (SSSR count). The molecule has 29 heavy (non-hydrogen) atoms. The van der Waals surface area contributed by atoms with Crippen LogP contribution in [0.5, 0.6) is 0 Å². The van der Waals surface area contributed by atoms with Crippen LogP contribution in [0.15, 0.2) is 41.7 Å². The number of hydrogen-bond acceptors (Lipinski definition) is 6. The lowest BCUT2D eigenvalue weighted by Crippen LogP contribution is -2.22. The zero-order valence-electron chi connectivity index (χ0n) is 17.4. The van der Waals surface area contributed by atoms with Gasteiger partial charge < -0.3 is 9.47 Å². The smallest absolute Gasteiger partial charge is 0.260 e. The number of nitrogens with zero attached hydrogens (tertiary/aromatic N) is 5. The van der Waals surface area contributed by atoms with Gasteiger partial charge in [-0.2, -0.15) is 5.10 Å². The van der Waals surface area contributed by atoms with Crippen molar-refractivity contribution < 1.29 is 14.3 Å². The number of aromatic nitrogens is 3. The summed E-state index contributed by atoms with van der Waals surface area (Å²) < 4.78 is 12.2. The number of allylic oxidation sites excluding steroid dienone is 2. The topological polar surface area (TPSA) is 81.8 Å². The van der Waals surface area contributed by atoms with Gasteiger partial charge in [0.15, 0.2) is 0 Å². The summed E-state index contributed by atoms with van der Waals surface area (Å²) >= 11 is 0. The molecule has 2 aromatic rings. The zero-order valence-corrected chi connectivity index (χ0v) is 17.4. The molecule has 0 fully saturated rings. The number of aliphatic imine (C=N–C) groups is 1. The number of hydrogen-bond donors (Lipinski definition) is 0. The van der Waals surface area contributed by atoms with Gasteiger partial charge in [-0.1, -0.05) is 0 Å². The molecular formula is C21H25N5O3. The van der Waals surface area contributed by atoms with Gasteiger partial charge >= 0.3 is 0 Å². The number of carbonyl (C=O) groups excluding carboxylic acids is 1. The minimum absolute atomic E-state index is 0.0670. The van der Waals surface area contributed by atoms with Crippen molar-refractivity contribution in [1.82, 2.24) is 14.8 Å². The first-order valence-electron chi connectivity index (χ1n) is 9.26. The monoisotopic (exact) mass is 395 g/mol. The molecule has 8 nitrogen and oxygen atoms in total. The Morgan fingerprint density at radius 1 is 1.38 bits per heavy atom. The zero-order chi connectivity index (χ0) is 21.1. The molecule has 3 heterocycles. The fourth-order valence-corrected chi connectivity index (χ4v) is 3.15. The lowest BCUT2D eigenvalue weighted by molar-refractivity contribution is 0.0996. The number of anilines is 1. The van der Waals surface area contributed by atoms with E-state index < -0.39 is 0 Å². The summed E-state index contributed by atoms with van der Waals surface area (Å²) in [5.41, 5.74) is 4.33. The lowest BCUT2D eigenvalue weighted by Gasteiger charge is -2.12. The number of pyridine rings is 1. The highest BCUT2D eigenvalue weighted by molar-refractivity contribution is 6.12. The molecule has 2 aromatic heterocycles. The summed E-state index contributed by atoms with van der Waals surface area (Å²) in [5, 5.41) is 4.27. The average Bonchev–Trinajstić information content (AvgIpc) is 3.32. The Balaban J connectivity index is 2.01. The van der Waals surface area contributed by atoms with Gasteiger partial charge in [0.2, 0.25) is 5.88 Å². The predicted molar refractivity (Wildman–Crippen MR) is 112 cm³/mol. The van der Waals surface area contributed by atoms with E-state index in [9.17, 15) is 4.79 Å². The van der Waals surface area contributed by atoms with Gasteiger partial charge in [0, 0.05) is 19.0 Å². The second-order valence-corrected chi connectivity index (χ2v) is 6.62. The fraction of sp³-hybridized carbons (Fsp3) is 0.333. The summed E-state index contributed by atoms with van der Waals surface area (Å²) in [6.07, 6.45) is 5.18. The van der Waals surface area contributed by atoms with Gasteiger partial charge in [0.05, 0.1) is 55.2 Å². The number of methoxy groups -OCH3 is 2. The van der Waals surface area contributed by atoms with Crippen molar-refractivity contribution in [3.8, 4) is 0 Å². The van der Waals surface area contributed by atoms with E-state index in [1.165, 1.54) is 7.11 Å². The normalized spacial score (nSPS) is 14.2. The van der Waals surface area contributed by atoms with Gasteiger partial charge in [-0.15, -0.1) is 0 Å². The number of ether oxygens (including phenoxy) is 2. The van der Waals surface area contributed by atoms with E-state index in [2.05, 4.69) is 16.7 Å². The van der Waals surface area contributed by atoms with Crippen LogP contribution in [0.4, 0.5) is 5.69 Å². The molecule has 1 aliphatic heterocycles. The summed E-state index contributed by atoms with van der Waals surface area (Å²) in [6, 6.07) is 1.87. The van der Waals surface area contributed by atoms with E-state index in [-0.39, 0.29) is 11.8 Å². The fourth-order valence-electron chi connectivity index (χ4n) is 3.15. The van der Waals surface area contributed by atoms with Crippen molar-refractivity contribution in [1.29, 1.82) is 0 Å². The van der Waals surface area contributed by atoms with Crippen LogP contribution >= 0.6 is 0 Å². The molecule has 8 heteroatoms. The third kappa shape index (κ3) is 3.91. The number of rotatable bonds is 7. The van der Waals surface area contributed by atoms with Gasteiger partial charge in [-0.3, -0.25) is 14.4 Å². The van der Waals surface area contributed by atoms with Gasteiger partial charge in [0.25, 0.3) is 5.91 Å². The van der Waals surface area contributed by atoms with Crippen LogP contribution in [0.3, 0.4) is 0 Å². The minimum atomic E-state index is -0.0670. The van der Waals surface area contributed by atoms with Crippen LogP contribution in [0, 0.1) is 6.92 Å². The Labute approximate surface area is 170 Å². The molecule has 0 aliphatic carbocycles. The van der Waals surface area contributed by atoms with Gasteiger partial charge in [0.1, 0.15) is 5.76 Å². The lowest BCUT2D eigenvalue weighted by atomic mass is 10.0. The molecule has 1 aliphatic rings. The standard InChI is InChI=1S/C21H25N5O3/c1-7-25-11-16(9-23-25)26-12-19-20(21(26)27)13(2)8-18(24-19)17(14(3)28-5)10-22-15(4)29-6/h8-11H,4,7,12H2,1-3,5-6H3/b17-14-,22-10-. The van der Waals surface area contributed by atoms with Crippen molar-refractivity contribution in [2.45, 2.75) is 33.9 Å². The van der Waals surface area contributed by atoms with Gasteiger partial charge in [-0.25, -0.2) is 9.98 Å². The van der Waals surface area contributed by atoms with Crippen LogP contribution < -0.4 is 4.90 Å². The first kappa shape index (κ1) is 20.3. The van der Waals surface area contributed by atoms with Crippen molar-refractivity contribution in [2.24, 2.45) is 4.99 Å². The molecule has 1 amide bonds. The summed E-state index contributed by atoms with van der Waals surface area (Å²) in [5.74, 6) is 0.858. The van der Waals surface area contributed by atoms with E-state index in [4.69, 9.17) is 14.5 Å². The number of carbonyl (C=O) groups is 1. The van der Waals surface area contributed by atoms with Crippen molar-refractivity contribution in [3.63, 3.8) is 0 Å². The summed E-state index contributed by atoms with van der Waals surface area (Å²) in [7, 11) is 3.09. The van der Waals surface area contributed by atoms with Crippen LogP contribution in [-0.4, -0.2) is 41.1 Å². The Morgan fingerprint density at radius 2 is 2.14 bits per heavy atom. The van der Waals surface area contributed by atoms with E-state index >= 15 is 0 Å². The Hall–Kier alpha value is -3.42. The molecule has 0 unspecified atom stereocenters. The second-order valence-electron chi connectivity index (χ2n) is 6.62. The number of fused-ring (bicyclic) bond motifs is 1. The second kappa shape index (κ2) is 8.30. The van der Waals surface area contributed by atoms with E-state index in [0.29, 0.717) is 29.1 Å². The van der Waals surface area contributed by atoms with Crippen molar-refractivity contribution >= 4 is 23.4 Å². The molecule has 0 N–H and O–H groups in total. The van der Waals surface area contributed by atoms with Crippen LogP contribution in [0.1, 0.15) is 41.2 Å². The van der Waals surface area contributed by atoms with Crippen LogP contribution in [0.2, 0.25) is 0 Å². The Morgan fingerprint density at radius 3 is 2.76 bits per heavy atom. The number of aryl methyl sites for hydroxylation is 2. The minimum Gasteiger partial charge on any atom is -0.501 e. The Kier molecular flexibility index (Phi) is 5.81. The molecule has 0 atom stereocenters. The third-order valence-electron chi connectivity index (χ3n) is 4.85. The maximum Gasteiger partial charge on any atom is 0.260 e. The quantitative estimate of drug-likeness (QED) is 0.530. The first-order chi connectivity index (χ1) is 13.9. The number of amides is 1. The molecule has 0 aromatic carbocycles. The van der Waals surface area contributed by atoms with Crippen LogP contribution in [0.25, 0.3) is 5.57 Å². The molecule has 0 bridgehead atoms. The largest absolute Gasteiger partial charge is 0.501 e. The Bertz CT molecular complexity index is 1020. The summed E-state index contributed by atoms with van der Waals surface area (Å²) in [6.45, 7) is 10.6. The molecule has 0 radical (unpaired) electrons. The third-order valence-corrected chi connectivity index (χ3v) is 4.85. The maximum atomic E-state index is 13.0. The predicted octanol–water partition coefficient (Wildman–Crippen LogP) is 3.33. The average molecular weight is 395 g/mol. The molecular weight excluding hydrogens is 370 g/mol. The van der Waals surface area contributed by atoms with Crippen molar-refractivity contribution in [2.75, 3.05) is 19.1 Å². The first-order valence-corrected chi connectivity index (χ1v) is 9.26. The molecule has 0 saturated carbocycles. The van der Waals surface area contributed by atoms with E-state index in [1.54, 1.807) is 29.1 Å². The van der Waals surface area contributed by atoms with Gasteiger partial charge in [-0.05, 0) is 39.0 Å². The maximum absolute atomic E-state index is 13.0. The highest BCUT2D eigenvalue weighted by atomic mass is 16.5.